The normalized spacial score (nSPS) is 17.4. The van der Waals surface area contributed by atoms with Crippen molar-refractivity contribution < 1.29 is 9.53 Å². The fourth-order valence-corrected chi connectivity index (χ4v) is 5.78. The zero-order valence-corrected chi connectivity index (χ0v) is 23.9. The molecule has 0 aromatic heterocycles. The molecule has 1 N–H and O–H groups in total. The highest BCUT2D eigenvalue weighted by atomic mass is 35.5. The fraction of sp³-hybridized carbons (Fsp3) is 0.424. The second-order valence-corrected chi connectivity index (χ2v) is 11.3. The number of hydrogen-bond donors (Lipinski definition) is 1. The van der Waals surface area contributed by atoms with Crippen LogP contribution in [-0.2, 0) is 0 Å². The summed E-state index contributed by atoms with van der Waals surface area (Å²) in [5, 5.41) is 3.93. The third kappa shape index (κ3) is 6.91. The SMILES string of the molecule is CC(C)c1cccc(C(C)C)c1NC(=O)N(CCOc1ccccc1Cl)[C@H]1CC[C@H](c2ccccc2)CC1. The summed E-state index contributed by atoms with van der Waals surface area (Å²) in [4.78, 5) is 16.0. The van der Waals surface area contributed by atoms with Crippen molar-refractivity contribution >= 4 is 23.3 Å². The van der Waals surface area contributed by atoms with Gasteiger partial charge in [0.25, 0.3) is 0 Å². The Hall–Kier alpha value is -2.98. The van der Waals surface area contributed by atoms with Crippen LogP contribution in [0.2, 0.25) is 5.02 Å². The summed E-state index contributed by atoms with van der Waals surface area (Å²) in [6, 6.07) is 24.7. The molecule has 0 unspecified atom stereocenters. The second kappa shape index (κ2) is 13.2. The van der Waals surface area contributed by atoms with Crippen molar-refractivity contribution in [1.82, 2.24) is 4.90 Å². The summed E-state index contributed by atoms with van der Waals surface area (Å²) in [6.45, 7) is 9.59. The largest absolute Gasteiger partial charge is 0.490 e. The number of nitrogens with zero attached hydrogens (tertiary/aromatic N) is 1. The Kier molecular flexibility index (Phi) is 9.74. The number of carbonyl (C=O) groups is 1. The second-order valence-electron chi connectivity index (χ2n) is 10.9. The Morgan fingerprint density at radius 3 is 2.08 bits per heavy atom. The number of ether oxygens (including phenoxy) is 1. The van der Waals surface area contributed by atoms with Gasteiger partial charge in [-0.2, -0.15) is 0 Å². The predicted molar refractivity (Wildman–Crippen MR) is 159 cm³/mol. The van der Waals surface area contributed by atoms with Crippen molar-refractivity contribution in [1.29, 1.82) is 0 Å². The number of para-hydroxylation sites is 2. The number of amides is 2. The number of benzene rings is 3. The summed E-state index contributed by atoms with van der Waals surface area (Å²) in [5.74, 6) is 1.81. The summed E-state index contributed by atoms with van der Waals surface area (Å²) in [5.41, 5.74) is 4.70. The number of halogens is 1. The average Bonchev–Trinajstić information content (AvgIpc) is 2.92. The Labute approximate surface area is 233 Å². The Morgan fingerprint density at radius 1 is 0.868 bits per heavy atom. The minimum absolute atomic E-state index is 0.0501. The van der Waals surface area contributed by atoms with Crippen molar-refractivity contribution in [2.45, 2.75) is 77.2 Å². The number of anilines is 1. The molecule has 5 heteroatoms. The molecule has 0 radical (unpaired) electrons. The monoisotopic (exact) mass is 532 g/mol. The minimum atomic E-state index is -0.0501. The van der Waals surface area contributed by atoms with Crippen LogP contribution >= 0.6 is 11.6 Å². The summed E-state index contributed by atoms with van der Waals surface area (Å²) in [7, 11) is 0. The van der Waals surface area contributed by atoms with Crippen LogP contribution in [0.4, 0.5) is 10.5 Å². The van der Waals surface area contributed by atoms with E-state index in [0.29, 0.717) is 41.7 Å². The average molecular weight is 533 g/mol. The third-order valence-corrected chi connectivity index (χ3v) is 8.01. The zero-order chi connectivity index (χ0) is 27.1. The maximum absolute atomic E-state index is 14.0. The van der Waals surface area contributed by atoms with Crippen LogP contribution in [0.25, 0.3) is 0 Å². The van der Waals surface area contributed by atoms with E-state index in [4.69, 9.17) is 16.3 Å². The van der Waals surface area contributed by atoms with Gasteiger partial charge >= 0.3 is 6.03 Å². The molecule has 0 bridgehead atoms. The zero-order valence-electron chi connectivity index (χ0n) is 23.1. The van der Waals surface area contributed by atoms with Crippen LogP contribution in [0.1, 0.15) is 87.8 Å². The van der Waals surface area contributed by atoms with Crippen LogP contribution in [-0.4, -0.2) is 30.1 Å². The summed E-state index contributed by atoms with van der Waals surface area (Å²) in [6.07, 6.45) is 4.09. The highest BCUT2D eigenvalue weighted by Gasteiger charge is 2.30. The number of nitrogens with one attached hydrogen (secondary N) is 1. The lowest BCUT2D eigenvalue weighted by Gasteiger charge is -2.37. The number of hydrogen-bond acceptors (Lipinski definition) is 2. The predicted octanol–water partition coefficient (Wildman–Crippen LogP) is 9.23. The molecular formula is C33H41ClN2O2. The highest BCUT2D eigenvalue weighted by Crippen LogP contribution is 2.36. The molecule has 1 fully saturated rings. The molecule has 3 aromatic carbocycles. The molecule has 1 aliphatic rings. The van der Waals surface area contributed by atoms with Gasteiger partial charge in [-0.1, -0.05) is 100.0 Å². The lowest BCUT2D eigenvalue weighted by atomic mass is 9.81. The van der Waals surface area contributed by atoms with Crippen molar-refractivity contribution in [2.75, 3.05) is 18.5 Å². The van der Waals surface area contributed by atoms with E-state index in [-0.39, 0.29) is 12.1 Å². The van der Waals surface area contributed by atoms with Crippen LogP contribution in [0.3, 0.4) is 0 Å². The highest BCUT2D eigenvalue weighted by molar-refractivity contribution is 6.32. The first kappa shape index (κ1) is 28.0. The summed E-state index contributed by atoms with van der Waals surface area (Å²) >= 11 is 6.31. The molecule has 0 spiro atoms. The van der Waals surface area contributed by atoms with Gasteiger partial charge in [-0.25, -0.2) is 4.79 Å². The van der Waals surface area contributed by atoms with E-state index < -0.39 is 0 Å². The van der Waals surface area contributed by atoms with E-state index in [1.807, 2.05) is 29.2 Å². The first-order chi connectivity index (χ1) is 18.3. The smallest absolute Gasteiger partial charge is 0.322 e. The lowest BCUT2D eigenvalue weighted by molar-refractivity contribution is 0.145. The summed E-state index contributed by atoms with van der Waals surface area (Å²) < 4.78 is 6.02. The molecule has 0 atom stereocenters. The maximum Gasteiger partial charge on any atom is 0.322 e. The molecular weight excluding hydrogens is 492 g/mol. The first-order valence-electron chi connectivity index (χ1n) is 14.0. The lowest BCUT2D eigenvalue weighted by Crippen LogP contribution is -2.46. The fourth-order valence-electron chi connectivity index (χ4n) is 5.59. The molecule has 1 aliphatic carbocycles. The minimum Gasteiger partial charge on any atom is -0.490 e. The molecule has 3 aromatic rings. The Morgan fingerprint density at radius 2 is 1.47 bits per heavy atom. The maximum atomic E-state index is 14.0. The standard InChI is InChI=1S/C33H41ClN2O2/c1-23(2)28-13-10-14-29(24(3)4)32(28)35-33(37)36(21-22-38-31-16-9-8-15-30(31)34)27-19-17-26(18-20-27)25-11-6-5-7-12-25/h5-16,23-24,26-27H,17-22H2,1-4H3,(H,35,37)/t26-,27-. The van der Waals surface area contributed by atoms with Gasteiger partial charge < -0.3 is 15.0 Å². The molecule has 0 aliphatic heterocycles. The van der Waals surface area contributed by atoms with E-state index in [2.05, 4.69) is 81.5 Å². The van der Waals surface area contributed by atoms with E-state index in [0.717, 1.165) is 31.4 Å². The van der Waals surface area contributed by atoms with Gasteiger partial charge in [0.05, 0.1) is 11.6 Å². The molecule has 4 rings (SSSR count). The van der Waals surface area contributed by atoms with Crippen LogP contribution in [0.15, 0.2) is 72.8 Å². The third-order valence-electron chi connectivity index (χ3n) is 7.70. The topological polar surface area (TPSA) is 41.6 Å². The van der Waals surface area contributed by atoms with Crippen LogP contribution < -0.4 is 10.1 Å². The van der Waals surface area contributed by atoms with Crippen molar-refractivity contribution in [3.05, 3.63) is 94.5 Å². The van der Waals surface area contributed by atoms with Gasteiger partial charge in [-0.15, -0.1) is 0 Å². The van der Waals surface area contributed by atoms with Crippen molar-refractivity contribution in [2.24, 2.45) is 0 Å². The Balaban J connectivity index is 1.53. The molecule has 202 valence electrons. The van der Waals surface area contributed by atoms with Gasteiger partial charge in [-0.3, -0.25) is 0 Å². The van der Waals surface area contributed by atoms with Gasteiger partial charge in [-0.05, 0) is 72.3 Å². The van der Waals surface area contributed by atoms with E-state index in [9.17, 15) is 4.79 Å². The molecule has 4 nitrogen and oxygen atoms in total. The quantitative estimate of drug-likeness (QED) is 0.298. The van der Waals surface area contributed by atoms with Gasteiger partial charge in [0, 0.05) is 11.7 Å². The van der Waals surface area contributed by atoms with Crippen LogP contribution in [0, 0.1) is 0 Å². The van der Waals surface area contributed by atoms with Crippen molar-refractivity contribution in [3.63, 3.8) is 0 Å². The number of rotatable bonds is 9. The number of urea groups is 1. The van der Waals surface area contributed by atoms with E-state index in [1.165, 1.54) is 16.7 Å². The molecule has 0 saturated heterocycles. The molecule has 0 heterocycles. The first-order valence-corrected chi connectivity index (χ1v) is 14.4. The van der Waals surface area contributed by atoms with Crippen LogP contribution in [0.5, 0.6) is 5.75 Å². The molecule has 1 saturated carbocycles. The molecule has 2 amide bonds. The van der Waals surface area contributed by atoms with Gasteiger partial charge in [0.15, 0.2) is 0 Å². The van der Waals surface area contributed by atoms with Gasteiger partial charge in [0.2, 0.25) is 0 Å². The van der Waals surface area contributed by atoms with Crippen molar-refractivity contribution in [3.8, 4) is 5.75 Å². The van der Waals surface area contributed by atoms with E-state index >= 15 is 0 Å². The van der Waals surface area contributed by atoms with E-state index in [1.54, 1.807) is 0 Å². The molecule has 38 heavy (non-hydrogen) atoms. The number of carbonyl (C=O) groups excluding carboxylic acids is 1. The van der Waals surface area contributed by atoms with Gasteiger partial charge in [0.1, 0.15) is 12.4 Å². The Bertz CT molecular complexity index is 1160.